The fourth-order valence-electron chi connectivity index (χ4n) is 1.23. The van der Waals surface area contributed by atoms with Gasteiger partial charge >= 0.3 is 0 Å². The third kappa shape index (κ3) is 3.26. The number of ether oxygens (including phenoxy) is 1. The van der Waals surface area contributed by atoms with Gasteiger partial charge in [-0.3, -0.25) is 0 Å². The monoisotopic (exact) mass is 174 g/mol. The summed E-state index contributed by atoms with van der Waals surface area (Å²) >= 11 is 5.88. The van der Waals surface area contributed by atoms with Crippen molar-refractivity contribution < 1.29 is 4.74 Å². The van der Waals surface area contributed by atoms with Crippen molar-refractivity contribution in [2.75, 3.05) is 13.2 Å². The third-order valence-corrected chi connectivity index (χ3v) is 2.12. The first-order valence-electron chi connectivity index (χ1n) is 4.23. The van der Waals surface area contributed by atoms with E-state index in [1.165, 1.54) is 0 Å². The highest BCUT2D eigenvalue weighted by Crippen LogP contribution is 2.22. The molecule has 0 fully saturated rings. The summed E-state index contributed by atoms with van der Waals surface area (Å²) in [5.41, 5.74) is 0. The number of rotatable bonds is 4. The number of allylic oxidation sites excluding steroid dienone is 1. The average molecular weight is 175 g/mol. The van der Waals surface area contributed by atoms with E-state index in [-0.39, 0.29) is 5.38 Å². The molecule has 0 aromatic carbocycles. The van der Waals surface area contributed by atoms with Crippen LogP contribution in [0, 0.1) is 5.92 Å². The molecule has 2 atom stereocenters. The van der Waals surface area contributed by atoms with Gasteiger partial charge in [-0.15, -0.1) is 11.6 Å². The van der Waals surface area contributed by atoms with Crippen molar-refractivity contribution in [3.05, 3.63) is 12.2 Å². The average Bonchev–Trinajstić information content (AvgIpc) is 2.37. The molecule has 2 heteroatoms. The van der Waals surface area contributed by atoms with E-state index in [1.54, 1.807) is 0 Å². The van der Waals surface area contributed by atoms with Crippen LogP contribution in [0.1, 0.15) is 19.8 Å². The summed E-state index contributed by atoms with van der Waals surface area (Å²) in [6, 6.07) is 0. The maximum Gasteiger partial charge on any atom is 0.0529 e. The Balaban J connectivity index is 2.05. The van der Waals surface area contributed by atoms with Gasteiger partial charge < -0.3 is 4.74 Å². The van der Waals surface area contributed by atoms with Gasteiger partial charge in [0, 0.05) is 12.5 Å². The van der Waals surface area contributed by atoms with E-state index in [9.17, 15) is 0 Å². The first-order chi connectivity index (χ1) is 5.33. The van der Waals surface area contributed by atoms with Crippen LogP contribution in [0.4, 0.5) is 0 Å². The molecule has 64 valence electrons. The van der Waals surface area contributed by atoms with Crippen LogP contribution in [0.2, 0.25) is 0 Å². The lowest BCUT2D eigenvalue weighted by atomic mass is 10.1. The van der Waals surface area contributed by atoms with E-state index in [0.29, 0.717) is 5.92 Å². The molecular formula is C9H15ClO. The second-order valence-electron chi connectivity index (χ2n) is 2.97. The van der Waals surface area contributed by atoms with Gasteiger partial charge in [-0.2, -0.15) is 0 Å². The van der Waals surface area contributed by atoms with Crippen LogP contribution in [0.15, 0.2) is 12.2 Å². The van der Waals surface area contributed by atoms with Crippen molar-refractivity contribution in [1.82, 2.24) is 0 Å². The Morgan fingerprint density at radius 3 is 2.91 bits per heavy atom. The Bertz CT molecular complexity index is 134. The molecule has 1 aliphatic rings. The minimum absolute atomic E-state index is 0.241. The fourth-order valence-corrected chi connectivity index (χ4v) is 1.54. The minimum Gasteiger partial charge on any atom is -0.381 e. The molecule has 1 nitrogen and oxygen atoms in total. The van der Waals surface area contributed by atoms with E-state index in [2.05, 4.69) is 19.1 Å². The van der Waals surface area contributed by atoms with Gasteiger partial charge in [0.05, 0.1) is 12.0 Å². The normalized spacial score (nSPS) is 29.6. The van der Waals surface area contributed by atoms with Gasteiger partial charge in [0.1, 0.15) is 0 Å². The highest BCUT2D eigenvalue weighted by molar-refractivity contribution is 6.22. The molecule has 0 heterocycles. The largest absolute Gasteiger partial charge is 0.381 e. The first-order valence-corrected chi connectivity index (χ1v) is 4.66. The Hall–Kier alpha value is -0.0100. The Morgan fingerprint density at radius 2 is 2.36 bits per heavy atom. The summed E-state index contributed by atoms with van der Waals surface area (Å²) < 4.78 is 5.41. The molecule has 1 aliphatic carbocycles. The number of halogens is 1. The molecule has 0 radical (unpaired) electrons. The van der Waals surface area contributed by atoms with Crippen LogP contribution in [-0.4, -0.2) is 18.6 Å². The zero-order valence-electron chi connectivity index (χ0n) is 6.92. The van der Waals surface area contributed by atoms with Crippen molar-refractivity contribution in [2.45, 2.75) is 25.1 Å². The number of hydrogen-bond acceptors (Lipinski definition) is 1. The predicted octanol–water partition coefficient (Wildman–Crippen LogP) is 2.60. The molecule has 0 saturated heterocycles. The molecule has 0 bridgehead atoms. The number of hydrogen-bond donors (Lipinski definition) is 0. The second kappa shape index (κ2) is 4.78. The fraction of sp³-hybridized carbons (Fsp3) is 0.778. The number of alkyl halides is 1. The minimum atomic E-state index is 0.241. The topological polar surface area (TPSA) is 9.23 Å². The molecule has 0 aliphatic heterocycles. The molecule has 11 heavy (non-hydrogen) atoms. The maximum absolute atomic E-state index is 5.88. The predicted molar refractivity (Wildman–Crippen MR) is 48.0 cm³/mol. The zero-order chi connectivity index (χ0) is 8.10. The Labute approximate surface area is 73.4 Å². The van der Waals surface area contributed by atoms with E-state index in [1.807, 2.05) is 0 Å². The molecule has 2 unspecified atom stereocenters. The van der Waals surface area contributed by atoms with Crippen molar-refractivity contribution in [3.8, 4) is 0 Å². The summed E-state index contributed by atoms with van der Waals surface area (Å²) in [6.45, 7) is 3.83. The van der Waals surface area contributed by atoms with Crippen LogP contribution < -0.4 is 0 Å². The molecule has 0 saturated carbocycles. The van der Waals surface area contributed by atoms with Crippen molar-refractivity contribution in [2.24, 2.45) is 5.92 Å². The van der Waals surface area contributed by atoms with Gasteiger partial charge in [0.2, 0.25) is 0 Å². The lowest BCUT2D eigenvalue weighted by Gasteiger charge is -2.08. The van der Waals surface area contributed by atoms with E-state index in [4.69, 9.17) is 16.3 Å². The molecule has 0 aromatic heterocycles. The third-order valence-electron chi connectivity index (χ3n) is 1.80. The summed E-state index contributed by atoms with van der Waals surface area (Å²) in [5.74, 6) is 0.559. The highest BCUT2D eigenvalue weighted by atomic mass is 35.5. The van der Waals surface area contributed by atoms with Gasteiger partial charge in [-0.05, 0) is 12.8 Å². The standard InChI is InChI=1S/C9H15ClO/c1-2-5-11-7-8-3-4-9(10)6-8/h3-4,8-9H,2,5-7H2,1H3. The summed E-state index contributed by atoms with van der Waals surface area (Å²) in [4.78, 5) is 0. The van der Waals surface area contributed by atoms with E-state index in [0.717, 1.165) is 26.1 Å². The van der Waals surface area contributed by atoms with Crippen LogP contribution in [0.25, 0.3) is 0 Å². The summed E-state index contributed by atoms with van der Waals surface area (Å²) in [7, 11) is 0. The molecule has 0 aromatic rings. The lowest BCUT2D eigenvalue weighted by Crippen LogP contribution is -2.07. The van der Waals surface area contributed by atoms with E-state index >= 15 is 0 Å². The van der Waals surface area contributed by atoms with Crippen LogP contribution in [0.3, 0.4) is 0 Å². The Kier molecular flexibility index (Phi) is 3.95. The molecule has 0 N–H and O–H groups in total. The highest BCUT2D eigenvalue weighted by Gasteiger charge is 2.15. The smallest absolute Gasteiger partial charge is 0.0529 e. The van der Waals surface area contributed by atoms with Gasteiger partial charge in [0.25, 0.3) is 0 Å². The van der Waals surface area contributed by atoms with Gasteiger partial charge in [-0.25, -0.2) is 0 Å². The Morgan fingerprint density at radius 1 is 1.55 bits per heavy atom. The molecule has 1 rings (SSSR count). The lowest BCUT2D eigenvalue weighted by molar-refractivity contribution is 0.113. The molecule has 0 spiro atoms. The van der Waals surface area contributed by atoms with Crippen LogP contribution in [-0.2, 0) is 4.74 Å². The van der Waals surface area contributed by atoms with Gasteiger partial charge in [-0.1, -0.05) is 19.1 Å². The van der Waals surface area contributed by atoms with Gasteiger partial charge in [0.15, 0.2) is 0 Å². The first kappa shape index (κ1) is 9.08. The SMILES string of the molecule is CCCOCC1C=CC(Cl)C1. The van der Waals surface area contributed by atoms with Crippen LogP contribution >= 0.6 is 11.6 Å². The van der Waals surface area contributed by atoms with Crippen LogP contribution in [0.5, 0.6) is 0 Å². The quantitative estimate of drug-likeness (QED) is 0.362. The molecule has 0 amide bonds. The second-order valence-corrected chi connectivity index (χ2v) is 3.53. The summed E-state index contributed by atoms with van der Waals surface area (Å²) in [5, 5.41) is 0.241. The van der Waals surface area contributed by atoms with Crippen molar-refractivity contribution in [3.63, 3.8) is 0 Å². The zero-order valence-corrected chi connectivity index (χ0v) is 7.68. The van der Waals surface area contributed by atoms with Crippen molar-refractivity contribution >= 4 is 11.6 Å². The van der Waals surface area contributed by atoms with Crippen molar-refractivity contribution in [1.29, 1.82) is 0 Å². The van der Waals surface area contributed by atoms with E-state index < -0.39 is 0 Å². The summed E-state index contributed by atoms with van der Waals surface area (Å²) in [6.07, 6.45) is 6.36. The molecular weight excluding hydrogens is 160 g/mol. The maximum atomic E-state index is 5.88.